The van der Waals surface area contributed by atoms with Gasteiger partial charge in [0.25, 0.3) is 0 Å². The molecule has 0 aliphatic carbocycles. The molecule has 1 atom stereocenters. The molecule has 5 nitrogen and oxygen atoms in total. The summed E-state index contributed by atoms with van der Waals surface area (Å²) in [5, 5.41) is 2.04. The number of hydrogen-bond acceptors (Lipinski definition) is 5. The summed E-state index contributed by atoms with van der Waals surface area (Å²) < 4.78 is 5.99. The summed E-state index contributed by atoms with van der Waals surface area (Å²) in [5.74, 6) is 1.01. The van der Waals surface area contributed by atoms with Gasteiger partial charge in [-0.2, -0.15) is 0 Å². The fraction of sp³-hybridized carbons (Fsp3) is 0.467. The maximum atomic E-state index is 5.99. The Morgan fingerprint density at radius 3 is 3.10 bits per heavy atom. The lowest BCUT2D eigenvalue weighted by Crippen LogP contribution is -2.56. The number of likely N-dealkylation sites (N-methyl/N-ethyl adjacent to an activating group) is 1. The maximum Gasteiger partial charge on any atom is 0.144 e. The van der Waals surface area contributed by atoms with Crippen molar-refractivity contribution in [2.75, 3.05) is 49.7 Å². The minimum atomic E-state index is 0.483. The van der Waals surface area contributed by atoms with E-state index in [-0.39, 0.29) is 0 Å². The molecule has 0 aromatic heterocycles. The molecule has 3 aliphatic rings. The summed E-state index contributed by atoms with van der Waals surface area (Å²) in [6.07, 6.45) is 4.17. The average Bonchev–Trinajstić information content (AvgIpc) is 3.00. The van der Waals surface area contributed by atoms with Crippen LogP contribution in [-0.4, -0.2) is 50.8 Å². The topological polar surface area (TPSA) is 31.0 Å². The Balaban J connectivity index is 1.63. The van der Waals surface area contributed by atoms with Gasteiger partial charge in [0.1, 0.15) is 12.4 Å². The Hall–Kier alpha value is -1.72. The van der Waals surface area contributed by atoms with Crippen LogP contribution < -0.4 is 20.1 Å². The third kappa shape index (κ3) is 1.94. The molecule has 1 aromatic carbocycles. The van der Waals surface area contributed by atoms with Crippen LogP contribution in [0.25, 0.3) is 0 Å². The predicted molar refractivity (Wildman–Crippen MR) is 80.2 cm³/mol. The van der Waals surface area contributed by atoms with Crippen molar-refractivity contribution in [1.82, 2.24) is 10.3 Å². The molecule has 20 heavy (non-hydrogen) atoms. The van der Waals surface area contributed by atoms with Gasteiger partial charge in [0.2, 0.25) is 0 Å². The molecule has 3 heterocycles. The number of anilines is 2. The summed E-state index contributed by atoms with van der Waals surface area (Å²) in [5.41, 5.74) is 5.66. The van der Waals surface area contributed by atoms with Crippen molar-refractivity contribution < 1.29 is 4.74 Å². The van der Waals surface area contributed by atoms with Gasteiger partial charge in [0, 0.05) is 38.4 Å². The van der Waals surface area contributed by atoms with Crippen LogP contribution in [0.15, 0.2) is 30.5 Å². The number of piperazine rings is 1. The summed E-state index contributed by atoms with van der Waals surface area (Å²) in [4.78, 5) is 4.87. The highest BCUT2D eigenvalue weighted by atomic mass is 16.5. The van der Waals surface area contributed by atoms with E-state index in [1.54, 1.807) is 0 Å². The molecular formula is C15H20N4O. The van der Waals surface area contributed by atoms with E-state index in [9.17, 15) is 0 Å². The molecule has 1 saturated heterocycles. The van der Waals surface area contributed by atoms with Crippen LogP contribution in [0, 0.1) is 0 Å². The monoisotopic (exact) mass is 272 g/mol. The number of benzene rings is 1. The molecule has 0 saturated carbocycles. The molecular weight excluding hydrogens is 252 g/mol. The summed E-state index contributed by atoms with van der Waals surface area (Å²) in [7, 11) is 2.18. The highest BCUT2D eigenvalue weighted by Gasteiger charge is 2.31. The van der Waals surface area contributed by atoms with E-state index in [2.05, 4.69) is 52.7 Å². The van der Waals surface area contributed by atoms with E-state index >= 15 is 0 Å². The van der Waals surface area contributed by atoms with Crippen molar-refractivity contribution in [2.45, 2.75) is 6.04 Å². The van der Waals surface area contributed by atoms with Gasteiger partial charge >= 0.3 is 0 Å². The van der Waals surface area contributed by atoms with Crippen molar-refractivity contribution in [2.24, 2.45) is 0 Å². The molecule has 1 fully saturated rings. The second-order valence-corrected chi connectivity index (χ2v) is 5.69. The van der Waals surface area contributed by atoms with Gasteiger partial charge in [-0.1, -0.05) is 6.08 Å². The van der Waals surface area contributed by atoms with Gasteiger partial charge in [0.15, 0.2) is 0 Å². The number of nitrogens with zero attached hydrogens (tertiary/aromatic N) is 3. The molecule has 1 unspecified atom stereocenters. The molecule has 3 aliphatic heterocycles. The summed E-state index contributed by atoms with van der Waals surface area (Å²) >= 11 is 0. The first-order chi connectivity index (χ1) is 9.81. The van der Waals surface area contributed by atoms with Crippen molar-refractivity contribution in [3.63, 3.8) is 0 Å². The Morgan fingerprint density at radius 1 is 1.30 bits per heavy atom. The fourth-order valence-electron chi connectivity index (χ4n) is 3.20. The predicted octanol–water partition coefficient (Wildman–Crippen LogP) is 1.04. The molecule has 1 aromatic rings. The fourth-order valence-corrected chi connectivity index (χ4v) is 3.20. The summed E-state index contributed by atoms with van der Waals surface area (Å²) in [6.45, 7) is 4.95. The van der Waals surface area contributed by atoms with Gasteiger partial charge in [0.05, 0.1) is 17.4 Å². The zero-order chi connectivity index (χ0) is 13.5. The lowest BCUT2D eigenvalue weighted by molar-refractivity contribution is 0.188. The van der Waals surface area contributed by atoms with Crippen LogP contribution in [0.2, 0.25) is 0 Å². The van der Waals surface area contributed by atoms with Crippen molar-refractivity contribution in [1.29, 1.82) is 0 Å². The van der Waals surface area contributed by atoms with E-state index in [0.717, 1.165) is 44.2 Å². The second-order valence-electron chi connectivity index (χ2n) is 5.69. The Morgan fingerprint density at radius 2 is 2.25 bits per heavy atom. The first-order valence-corrected chi connectivity index (χ1v) is 7.23. The molecule has 0 radical (unpaired) electrons. The molecule has 106 valence electrons. The number of rotatable bonds is 1. The average molecular weight is 272 g/mol. The van der Waals surface area contributed by atoms with Crippen LogP contribution >= 0.6 is 0 Å². The van der Waals surface area contributed by atoms with Crippen molar-refractivity contribution >= 4 is 11.4 Å². The Kier molecular flexibility index (Phi) is 2.82. The van der Waals surface area contributed by atoms with Crippen LogP contribution in [0.5, 0.6) is 5.75 Å². The lowest BCUT2D eigenvalue weighted by Gasteiger charge is -2.44. The molecule has 0 spiro atoms. The van der Waals surface area contributed by atoms with E-state index in [1.807, 2.05) is 5.01 Å². The van der Waals surface area contributed by atoms with Crippen LogP contribution in [0.4, 0.5) is 11.4 Å². The van der Waals surface area contributed by atoms with E-state index in [1.165, 1.54) is 5.69 Å². The molecule has 5 heteroatoms. The second kappa shape index (κ2) is 4.68. The van der Waals surface area contributed by atoms with Gasteiger partial charge in [-0.05, 0) is 19.2 Å². The molecule has 1 N–H and O–H groups in total. The molecule has 0 bridgehead atoms. The van der Waals surface area contributed by atoms with E-state index < -0.39 is 0 Å². The van der Waals surface area contributed by atoms with Crippen molar-refractivity contribution in [3.8, 4) is 5.75 Å². The number of fused-ring (bicyclic) bond motifs is 3. The first kappa shape index (κ1) is 12.1. The zero-order valence-electron chi connectivity index (χ0n) is 11.7. The molecule has 0 amide bonds. The third-order valence-corrected chi connectivity index (χ3v) is 4.28. The first-order valence-electron chi connectivity index (χ1n) is 7.23. The highest BCUT2D eigenvalue weighted by Crippen LogP contribution is 2.38. The van der Waals surface area contributed by atoms with Crippen LogP contribution in [-0.2, 0) is 0 Å². The Labute approximate surface area is 119 Å². The quantitative estimate of drug-likeness (QED) is 0.825. The number of hydrazine groups is 1. The third-order valence-electron chi connectivity index (χ3n) is 4.28. The van der Waals surface area contributed by atoms with Gasteiger partial charge < -0.3 is 14.5 Å². The summed E-state index contributed by atoms with van der Waals surface area (Å²) in [6, 6.07) is 6.96. The lowest BCUT2D eigenvalue weighted by atomic mass is 10.1. The van der Waals surface area contributed by atoms with E-state index in [0.29, 0.717) is 6.04 Å². The van der Waals surface area contributed by atoms with Gasteiger partial charge in [-0.15, -0.1) is 0 Å². The molecule has 4 rings (SSSR count). The number of ether oxygens (including phenoxy) is 1. The standard InChI is InChI=1S/C15H20N4O/c1-17-7-8-18-13(10-17)11-20-15-9-12(3-4-14(15)18)19-6-2-5-16-19/h2-4,6,9,13,16H,5,7-8,10-11H2,1H3. The highest BCUT2D eigenvalue weighted by molar-refractivity contribution is 5.68. The minimum absolute atomic E-state index is 0.483. The number of nitrogens with one attached hydrogen (secondary N) is 1. The van der Waals surface area contributed by atoms with E-state index in [4.69, 9.17) is 4.74 Å². The largest absolute Gasteiger partial charge is 0.489 e. The normalized spacial score (nSPS) is 25.4. The minimum Gasteiger partial charge on any atom is -0.489 e. The van der Waals surface area contributed by atoms with Gasteiger partial charge in [-0.25, -0.2) is 5.43 Å². The smallest absolute Gasteiger partial charge is 0.144 e. The van der Waals surface area contributed by atoms with Crippen molar-refractivity contribution in [3.05, 3.63) is 30.5 Å². The van der Waals surface area contributed by atoms with Crippen LogP contribution in [0.1, 0.15) is 0 Å². The number of hydrogen-bond donors (Lipinski definition) is 1. The SMILES string of the molecule is CN1CCN2c3ccc(N4C=CCN4)cc3OCC2C1. The zero-order valence-corrected chi connectivity index (χ0v) is 11.7. The van der Waals surface area contributed by atoms with Gasteiger partial charge in [-0.3, -0.25) is 5.01 Å². The Bertz CT molecular complexity index is 545. The van der Waals surface area contributed by atoms with Crippen LogP contribution in [0.3, 0.4) is 0 Å². The maximum absolute atomic E-state index is 5.99.